The lowest BCUT2D eigenvalue weighted by molar-refractivity contribution is 0.400. The first-order valence-electron chi connectivity index (χ1n) is 10.5. The van der Waals surface area contributed by atoms with Gasteiger partial charge in [0.25, 0.3) is 0 Å². The van der Waals surface area contributed by atoms with E-state index in [1.54, 1.807) is 18.6 Å². The molecule has 0 amide bonds. The fourth-order valence-corrected chi connectivity index (χ4v) is 4.75. The number of ether oxygens (including phenoxy) is 1. The number of benzene rings is 2. The molecule has 0 saturated heterocycles. The second-order valence-electron chi connectivity index (χ2n) is 7.62. The summed E-state index contributed by atoms with van der Waals surface area (Å²) in [5.74, 6) is -2.22. The fourth-order valence-electron chi connectivity index (χ4n) is 3.71. The van der Waals surface area contributed by atoms with Crippen LogP contribution in [-0.4, -0.2) is 35.7 Å². The van der Waals surface area contributed by atoms with Crippen LogP contribution in [0.4, 0.5) is 14.5 Å². The number of rotatable bonds is 6. The van der Waals surface area contributed by atoms with Crippen molar-refractivity contribution in [2.24, 2.45) is 0 Å². The Morgan fingerprint density at radius 2 is 1.69 bits per heavy atom. The summed E-state index contributed by atoms with van der Waals surface area (Å²) in [7, 11) is -3.22. The van der Waals surface area contributed by atoms with Crippen LogP contribution in [0.25, 0.3) is 37.9 Å². The van der Waals surface area contributed by atoms with Gasteiger partial charge in [0.05, 0.1) is 29.9 Å². The Morgan fingerprint density at radius 1 is 0.833 bits per heavy atom. The van der Waals surface area contributed by atoms with Gasteiger partial charge in [0.2, 0.25) is 0 Å². The summed E-state index contributed by atoms with van der Waals surface area (Å²) in [5, 5.41) is 8.59. The van der Waals surface area contributed by atoms with Crippen molar-refractivity contribution < 1.29 is 21.9 Å². The van der Waals surface area contributed by atoms with E-state index in [0.29, 0.717) is 17.2 Å². The predicted molar refractivity (Wildman–Crippen MR) is 129 cm³/mol. The van der Waals surface area contributed by atoms with E-state index in [1.807, 2.05) is 30.3 Å². The molecule has 0 unspecified atom stereocenters. The molecule has 3 heterocycles. The van der Waals surface area contributed by atoms with Gasteiger partial charge in [-0.3, -0.25) is 4.98 Å². The first-order valence-corrected chi connectivity index (χ1v) is 11.9. The number of aromatic nitrogens is 4. The SMILES string of the molecule is COc1ncc(-c2ccc3nccc(-c4ccnnc4)c3c2)cc1[N-]S(=O)(=O)c1ccc(F)cc1F. The van der Waals surface area contributed by atoms with Gasteiger partial charge in [-0.25, -0.2) is 22.2 Å². The number of hydrogen-bond acceptors (Lipinski definition) is 7. The molecule has 5 aromatic rings. The van der Waals surface area contributed by atoms with E-state index in [1.165, 1.54) is 19.4 Å². The van der Waals surface area contributed by atoms with Gasteiger partial charge in [-0.15, -0.1) is 0 Å². The van der Waals surface area contributed by atoms with Gasteiger partial charge in [0.15, 0.2) is 5.88 Å². The van der Waals surface area contributed by atoms with E-state index in [4.69, 9.17) is 4.74 Å². The number of pyridine rings is 2. The van der Waals surface area contributed by atoms with Crippen LogP contribution in [-0.2, 0) is 10.0 Å². The molecule has 0 aliphatic rings. The van der Waals surface area contributed by atoms with Gasteiger partial charge < -0.3 is 9.46 Å². The molecule has 0 N–H and O–H groups in total. The van der Waals surface area contributed by atoms with Crippen LogP contribution in [0.3, 0.4) is 0 Å². The van der Waals surface area contributed by atoms with Crippen LogP contribution in [0.2, 0.25) is 0 Å². The molecule has 2 aromatic carbocycles. The normalized spacial score (nSPS) is 11.4. The van der Waals surface area contributed by atoms with E-state index in [9.17, 15) is 17.2 Å². The molecule has 0 spiro atoms. The molecule has 0 fully saturated rings. The first kappa shape index (κ1) is 23.2. The number of sulfonamides is 1. The van der Waals surface area contributed by atoms with E-state index < -0.39 is 26.6 Å². The van der Waals surface area contributed by atoms with Crippen molar-refractivity contribution in [1.29, 1.82) is 0 Å². The van der Waals surface area contributed by atoms with Crippen LogP contribution in [0.1, 0.15) is 0 Å². The molecular weight excluding hydrogens is 488 g/mol. The highest BCUT2D eigenvalue weighted by molar-refractivity contribution is 7.94. The van der Waals surface area contributed by atoms with Crippen LogP contribution >= 0.6 is 0 Å². The Balaban J connectivity index is 1.58. The number of fused-ring (bicyclic) bond motifs is 1. The summed E-state index contributed by atoms with van der Waals surface area (Å²) in [4.78, 5) is 7.83. The third-order valence-corrected chi connectivity index (χ3v) is 6.71. The topological polar surface area (TPSA) is 109 Å². The fraction of sp³-hybridized carbons (Fsp3) is 0.0400. The summed E-state index contributed by atoms with van der Waals surface area (Å²) in [6, 6.07) is 12.8. The average Bonchev–Trinajstić information content (AvgIpc) is 2.88. The molecule has 0 bridgehead atoms. The van der Waals surface area contributed by atoms with E-state index in [2.05, 4.69) is 24.9 Å². The van der Waals surface area contributed by atoms with E-state index in [0.717, 1.165) is 34.2 Å². The number of hydrogen-bond donors (Lipinski definition) is 0. The first-order chi connectivity index (χ1) is 17.4. The molecule has 3 aromatic heterocycles. The lowest BCUT2D eigenvalue weighted by atomic mass is 9.99. The Bertz CT molecular complexity index is 1700. The van der Waals surface area contributed by atoms with Crippen molar-refractivity contribution in [3.63, 3.8) is 0 Å². The maximum Gasteiger partial charge on any atom is 0.198 e. The third-order valence-electron chi connectivity index (χ3n) is 5.39. The average molecular weight is 504 g/mol. The zero-order valence-corrected chi connectivity index (χ0v) is 19.4. The van der Waals surface area contributed by atoms with Gasteiger partial charge in [-0.05, 0) is 53.1 Å². The van der Waals surface area contributed by atoms with Crippen molar-refractivity contribution in [2.75, 3.05) is 7.11 Å². The van der Waals surface area contributed by atoms with Crippen molar-refractivity contribution in [2.45, 2.75) is 4.90 Å². The zero-order chi connectivity index (χ0) is 25.3. The van der Waals surface area contributed by atoms with Gasteiger partial charge in [-0.1, -0.05) is 17.8 Å². The Kier molecular flexibility index (Phi) is 5.98. The molecule has 0 aliphatic heterocycles. The van der Waals surface area contributed by atoms with Crippen LogP contribution in [0, 0.1) is 11.6 Å². The summed E-state index contributed by atoms with van der Waals surface area (Å²) in [6.07, 6.45) is 6.45. The van der Waals surface area contributed by atoms with E-state index in [-0.39, 0.29) is 11.6 Å². The van der Waals surface area contributed by atoms with Crippen molar-refractivity contribution in [3.8, 4) is 28.1 Å². The molecule has 0 aliphatic carbocycles. The molecule has 0 radical (unpaired) electrons. The standard InChI is InChI=1S/C25H16F2N5O3S/c1-35-25-23(32-36(33,34)24-5-3-18(26)12-21(24)27)11-17(13-29-25)15-2-4-22-20(10-15)19(7-8-28-22)16-6-9-30-31-14-16/h2-14H,1H3/q-1. The number of methoxy groups -OCH3 is 1. The molecule has 8 nitrogen and oxygen atoms in total. The van der Waals surface area contributed by atoms with Gasteiger partial charge >= 0.3 is 0 Å². The number of nitrogens with zero attached hydrogens (tertiary/aromatic N) is 5. The largest absolute Gasteiger partial charge is 0.568 e. The van der Waals surface area contributed by atoms with Crippen LogP contribution in [0.5, 0.6) is 5.88 Å². The van der Waals surface area contributed by atoms with Crippen molar-refractivity contribution >= 4 is 26.6 Å². The molecule has 180 valence electrons. The lowest BCUT2D eigenvalue weighted by Crippen LogP contribution is -2.03. The zero-order valence-electron chi connectivity index (χ0n) is 18.6. The highest BCUT2D eigenvalue weighted by atomic mass is 32.2. The molecule has 11 heteroatoms. The predicted octanol–water partition coefficient (Wildman–Crippen LogP) is 5.43. The molecule has 0 atom stereocenters. The number of halogens is 2. The molecule has 0 saturated carbocycles. The highest BCUT2D eigenvalue weighted by Gasteiger charge is 2.15. The van der Waals surface area contributed by atoms with Gasteiger partial charge in [0, 0.05) is 29.4 Å². The highest BCUT2D eigenvalue weighted by Crippen LogP contribution is 2.39. The smallest absolute Gasteiger partial charge is 0.198 e. The minimum absolute atomic E-state index is 0.0733. The monoisotopic (exact) mass is 504 g/mol. The Labute approximate surface area is 204 Å². The second-order valence-corrected chi connectivity index (χ2v) is 9.19. The third kappa shape index (κ3) is 4.43. The van der Waals surface area contributed by atoms with Crippen LogP contribution in [0.15, 0.2) is 84.3 Å². The molecular formula is C25H16F2N5O3S-. The summed E-state index contributed by atoms with van der Waals surface area (Å²) < 4.78 is 61.9. The maximum absolute atomic E-state index is 14.2. The molecule has 36 heavy (non-hydrogen) atoms. The minimum atomic E-state index is -4.53. The molecule has 5 rings (SSSR count). The minimum Gasteiger partial charge on any atom is -0.568 e. The van der Waals surface area contributed by atoms with E-state index >= 15 is 0 Å². The second kappa shape index (κ2) is 9.27. The Hall–Kier alpha value is -4.51. The Morgan fingerprint density at radius 3 is 2.44 bits per heavy atom. The quantitative estimate of drug-likeness (QED) is 0.303. The lowest BCUT2D eigenvalue weighted by Gasteiger charge is -2.24. The summed E-state index contributed by atoms with van der Waals surface area (Å²) in [5.41, 5.74) is 3.59. The van der Waals surface area contributed by atoms with Crippen molar-refractivity contribution in [1.82, 2.24) is 20.2 Å². The van der Waals surface area contributed by atoms with Gasteiger partial charge in [-0.2, -0.15) is 10.2 Å². The van der Waals surface area contributed by atoms with Crippen molar-refractivity contribution in [3.05, 3.63) is 95.7 Å². The van der Waals surface area contributed by atoms with Crippen LogP contribution < -0.4 is 4.74 Å². The summed E-state index contributed by atoms with van der Waals surface area (Å²) >= 11 is 0. The maximum atomic E-state index is 14.2. The summed E-state index contributed by atoms with van der Waals surface area (Å²) in [6.45, 7) is 0. The van der Waals surface area contributed by atoms with Gasteiger partial charge in [0.1, 0.15) is 21.7 Å².